The second-order valence-corrected chi connectivity index (χ2v) is 12.5. The smallest absolute Gasteiger partial charge is 0.245 e. The van der Waals surface area contributed by atoms with Gasteiger partial charge in [0.25, 0.3) is 0 Å². The number of halogens is 1. The van der Waals surface area contributed by atoms with Crippen LogP contribution in [0.2, 0.25) is 5.02 Å². The van der Waals surface area contributed by atoms with Gasteiger partial charge in [0.1, 0.15) is 0 Å². The Bertz CT molecular complexity index is 1410. The van der Waals surface area contributed by atoms with Gasteiger partial charge in [-0.25, -0.2) is 0 Å². The Kier molecular flexibility index (Phi) is 5.88. The van der Waals surface area contributed by atoms with Crippen LogP contribution in [0, 0.1) is 24.7 Å². The molecule has 2 aromatic rings. The normalized spacial score (nSPS) is 21.5. The van der Waals surface area contributed by atoms with E-state index in [0.717, 1.165) is 67.8 Å². The maximum Gasteiger partial charge on any atom is 0.245 e. The van der Waals surface area contributed by atoms with Crippen molar-refractivity contribution in [3.63, 3.8) is 0 Å². The van der Waals surface area contributed by atoms with Gasteiger partial charge in [0, 0.05) is 66.4 Å². The van der Waals surface area contributed by atoms with Gasteiger partial charge in [-0.1, -0.05) is 18.2 Å². The molecule has 2 amide bonds. The maximum atomic E-state index is 13.0. The Morgan fingerprint density at radius 2 is 1.92 bits per heavy atom. The van der Waals surface area contributed by atoms with Crippen LogP contribution in [0.4, 0.5) is 11.5 Å². The summed E-state index contributed by atoms with van der Waals surface area (Å²) in [6, 6.07) is 1.99. The molecule has 0 radical (unpaired) electrons. The average Bonchev–Trinajstić information content (AvgIpc) is 3.15. The summed E-state index contributed by atoms with van der Waals surface area (Å²) in [5.74, 6) is 0.804. The highest BCUT2D eigenvalue weighted by Gasteiger charge is 2.55. The number of carbonyl (C=O) groups is 2. The molecule has 2 saturated heterocycles. The summed E-state index contributed by atoms with van der Waals surface area (Å²) in [5.41, 5.74) is 10.8. The number of hydrogen-bond acceptors (Lipinski definition) is 6. The summed E-state index contributed by atoms with van der Waals surface area (Å²) >= 11 is 6.98. The van der Waals surface area contributed by atoms with E-state index in [1.165, 1.54) is 12.3 Å². The molecule has 0 unspecified atom stereocenters. The molecule has 3 N–H and O–H groups in total. The first-order valence-electron chi connectivity index (χ1n) is 13.6. The highest BCUT2D eigenvalue weighted by atomic mass is 35.5. The van der Waals surface area contributed by atoms with Gasteiger partial charge in [0.15, 0.2) is 5.82 Å². The molecule has 4 aliphatic rings. The molecule has 39 heavy (non-hydrogen) atoms. The van der Waals surface area contributed by atoms with Crippen molar-refractivity contribution in [3.05, 3.63) is 40.6 Å². The molecule has 0 bridgehead atoms. The highest BCUT2D eigenvalue weighted by molar-refractivity contribution is 6.35. The first kappa shape index (κ1) is 25.9. The SMILES string of the molecule is C=CC(=O)N1CC2(CC(n3nc(N4CC(=O)N(C)CC45CCC5)c(-c4c(Cl)c(C)cc(N)c4C=N)c3C)C2)C1. The van der Waals surface area contributed by atoms with Crippen LogP contribution in [0.15, 0.2) is 18.7 Å². The van der Waals surface area contributed by atoms with Crippen LogP contribution >= 0.6 is 11.6 Å². The summed E-state index contributed by atoms with van der Waals surface area (Å²) in [6.07, 6.45) is 7.62. The molecule has 3 heterocycles. The predicted molar refractivity (Wildman–Crippen MR) is 153 cm³/mol. The summed E-state index contributed by atoms with van der Waals surface area (Å²) in [7, 11) is 1.88. The zero-order chi connectivity index (χ0) is 27.9. The largest absolute Gasteiger partial charge is 0.398 e. The maximum absolute atomic E-state index is 13.0. The second-order valence-electron chi connectivity index (χ2n) is 12.1. The summed E-state index contributed by atoms with van der Waals surface area (Å²) in [5, 5.41) is 14.0. The van der Waals surface area contributed by atoms with Crippen LogP contribution < -0.4 is 10.6 Å². The molecule has 2 aliphatic carbocycles. The van der Waals surface area contributed by atoms with Crippen molar-refractivity contribution in [1.29, 1.82) is 5.41 Å². The van der Waals surface area contributed by atoms with Crippen LogP contribution in [-0.2, 0) is 9.59 Å². The van der Waals surface area contributed by atoms with Crippen molar-refractivity contribution < 1.29 is 9.59 Å². The van der Waals surface area contributed by atoms with Crippen LogP contribution in [0.5, 0.6) is 0 Å². The van der Waals surface area contributed by atoms with E-state index in [2.05, 4.69) is 23.1 Å². The third kappa shape index (κ3) is 3.72. The summed E-state index contributed by atoms with van der Waals surface area (Å²) < 4.78 is 2.10. The number of likely N-dealkylation sites (tertiary alicyclic amines) is 1. The molecule has 1 aromatic heterocycles. The van der Waals surface area contributed by atoms with Gasteiger partial charge in [-0.15, -0.1) is 0 Å². The van der Waals surface area contributed by atoms with Gasteiger partial charge in [-0.05, 0) is 63.7 Å². The topological polar surface area (TPSA) is 112 Å². The van der Waals surface area contributed by atoms with Crippen molar-refractivity contribution in [2.45, 2.75) is 57.5 Å². The molecule has 0 atom stereocenters. The molecule has 6 rings (SSSR count). The first-order valence-corrected chi connectivity index (χ1v) is 14.0. The fourth-order valence-electron chi connectivity index (χ4n) is 7.35. The monoisotopic (exact) mass is 549 g/mol. The van der Waals surface area contributed by atoms with Crippen LogP contribution in [-0.4, -0.2) is 76.4 Å². The Balaban J connectivity index is 1.46. The molecule has 4 fully saturated rings. The number of aromatic nitrogens is 2. The number of nitrogens with one attached hydrogen (secondary N) is 1. The molecule has 1 aromatic carbocycles. The van der Waals surface area contributed by atoms with E-state index < -0.39 is 0 Å². The Hall–Kier alpha value is -3.33. The molecule has 2 aliphatic heterocycles. The number of carbonyl (C=O) groups excluding carboxylic acids is 2. The molecule has 10 heteroatoms. The lowest BCUT2D eigenvalue weighted by atomic mass is 9.60. The molecular formula is C29H36ClN7O2. The molecule has 9 nitrogen and oxygen atoms in total. The van der Waals surface area contributed by atoms with E-state index in [1.807, 2.05) is 23.8 Å². The van der Waals surface area contributed by atoms with Crippen LogP contribution in [0.25, 0.3) is 11.1 Å². The fraction of sp³-hybridized carbons (Fsp3) is 0.517. The van der Waals surface area contributed by atoms with Gasteiger partial charge >= 0.3 is 0 Å². The molecular weight excluding hydrogens is 514 g/mol. The second kappa shape index (κ2) is 8.84. The molecule has 2 spiro atoms. The number of piperazine rings is 1. The molecule has 2 saturated carbocycles. The highest BCUT2D eigenvalue weighted by Crippen LogP contribution is 2.56. The third-order valence-electron chi connectivity index (χ3n) is 9.63. The third-order valence-corrected chi connectivity index (χ3v) is 10.1. The minimum atomic E-state index is -0.157. The fourth-order valence-corrected chi connectivity index (χ4v) is 7.60. The zero-order valence-corrected chi connectivity index (χ0v) is 23.6. The van der Waals surface area contributed by atoms with E-state index in [0.29, 0.717) is 28.4 Å². The van der Waals surface area contributed by atoms with Crippen molar-refractivity contribution in [2.75, 3.05) is 43.9 Å². The standard InChI is InChI=1S/C29H36ClN7O2/c1-5-22(38)35-14-28(15-35)10-19(11-28)37-18(3)24(25-20(12-31)21(32)9-17(2)26(25)30)27(33-37)36-13-23(39)34(4)16-29(36)7-6-8-29/h5,9,12,19,31H,1,6-8,10-11,13-16,32H2,2-4H3. The lowest BCUT2D eigenvalue weighted by molar-refractivity contribution is -0.149. The summed E-state index contributed by atoms with van der Waals surface area (Å²) in [4.78, 5) is 30.9. The van der Waals surface area contributed by atoms with E-state index >= 15 is 0 Å². The minimum absolute atomic E-state index is 0.0136. The minimum Gasteiger partial charge on any atom is -0.398 e. The quantitative estimate of drug-likeness (QED) is 0.333. The number of aryl methyl sites for hydroxylation is 1. The van der Waals surface area contributed by atoms with Gasteiger partial charge in [0.2, 0.25) is 11.8 Å². The van der Waals surface area contributed by atoms with E-state index in [4.69, 9.17) is 27.8 Å². The number of anilines is 2. The number of rotatable bonds is 5. The average molecular weight is 550 g/mol. The number of nitrogens with zero attached hydrogens (tertiary/aromatic N) is 5. The Labute approximate surface area is 234 Å². The van der Waals surface area contributed by atoms with Crippen molar-refractivity contribution in [2.24, 2.45) is 5.41 Å². The number of benzene rings is 1. The number of nitrogens with two attached hydrogens (primary N) is 1. The van der Waals surface area contributed by atoms with Gasteiger partial charge in [-0.2, -0.15) is 5.10 Å². The number of nitrogen functional groups attached to an aromatic ring is 1. The zero-order valence-electron chi connectivity index (χ0n) is 22.9. The van der Waals surface area contributed by atoms with E-state index in [-0.39, 0.29) is 35.4 Å². The Morgan fingerprint density at radius 1 is 1.23 bits per heavy atom. The van der Waals surface area contributed by atoms with E-state index in [9.17, 15) is 9.59 Å². The number of amides is 2. The summed E-state index contributed by atoms with van der Waals surface area (Å²) in [6.45, 7) is 10.0. The van der Waals surface area contributed by atoms with Crippen molar-refractivity contribution in [1.82, 2.24) is 19.6 Å². The van der Waals surface area contributed by atoms with Crippen molar-refractivity contribution in [3.8, 4) is 11.1 Å². The van der Waals surface area contributed by atoms with Gasteiger partial charge < -0.3 is 25.8 Å². The lowest BCUT2D eigenvalue weighted by Crippen LogP contribution is -2.67. The van der Waals surface area contributed by atoms with Crippen molar-refractivity contribution >= 4 is 41.1 Å². The van der Waals surface area contributed by atoms with Gasteiger partial charge in [-0.3, -0.25) is 14.3 Å². The molecule has 206 valence electrons. The van der Waals surface area contributed by atoms with E-state index in [1.54, 1.807) is 6.07 Å². The number of likely N-dealkylation sites (N-methyl/N-ethyl adjacent to an activating group) is 1. The number of hydrogen-bond donors (Lipinski definition) is 2. The van der Waals surface area contributed by atoms with Crippen LogP contribution in [0.3, 0.4) is 0 Å². The van der Waals surface area contributed by atoms with Gasteiger partial charge in [0.05, 0.1) is 23.1 Å². The predicted octanol–water partition coefficient (Wildman–Crippen LogP) is 3.95. The first-order chi connectivity index (χ1) is 18.5. The lowest BCUT2D eigenvalue weighted by Gasteiger charge is -2.58. The Morgan fingerprint density at radius 3 is 2.51 bits per heavy atom. The van der Waals surface area contributed by atoms with Crippen LogP contribution in [0.1, 0.15) is 55.0 Å².